The maximum Gasteiger partial charge on any atom is 0.238 e. The van der Waals surface area contributed by atoms with Crippen LogP contribution in [0.5, 0.6) is 0 Å². The first kappa shape index (κ1) is 9.66. The van der Waals surface area contributed by atoms with E-state index in [0.717, 1.165) is 4.88 Å². The van der Waals surface area contributed by atoms with E-state index in [9.17, 15) is 8.42 Å². The van der Waals surface area contributed by atoms with Crippen LogP contribution in [0.15, 0.2) is 16.3 Å². The molecule has 3 N–H and O–H groups in total. The van der Waals surface area contributed by atoms with Gasteiger partial charge in [0.05, 0.1) is 4.90 Å². The maximum atomic E-state index is 10.8. The molecular weight excluding hydrogens is 196 g/mol. The summed E-state index contributed by atoms with van der Waals surface area (Å²) in [5, 5.41) is 9.39. The Morgan fingerprint density at radius 2 is 2.33 bits per heavy atom. The van der Waals surface area contributed by atoms with Crippen LogP contribution in [0.4, 0.5) is 0 Å². The van der Waals surface area contributed by atoms with Crippen molar-refractivity contribution >= 4 is 21.4 Å². The molecule has 1 rings (SSSR count). The van der Waals surface area contributed by atoms with Gasteiger partial charge in [0.15, 0.2) is 0 Å². The van der Waals surface area contributed by atoms with E-state index in [1.165, 1.54) is 11.3 Å². The quantitative estimate of drug-likeness (QED) is 0.737. The summed E-state index contributed by atoms with van der Waals surface area (Å²) in [6.07, 6.45) is 0. The highest BCUT2D eigenvalue weighted by atomic mass is 32.2. The van der Waals surface area contributed by atoms with Crippen LogP contribution in [0.3, 0.4) is 0 Å². The summed E-state index contributed by atoms with van der Waals surface area (Å²) in [4.78, 5) is 1.15. The molecule has 0 aliphatic carbocycles. The highest BCUT2D eigenvalue weighted by molar-refractivity contribution is 7.89. The topological polar surface area (TPSA) is 72.2 Å². The Morgan fingerprint density at radius 3 is 2.75 bits per heavy atom. The van der Waals surface area contributed by atoms with Crippen LogP contribution in [0.1, 0.15) is 4.88 Å². The lowest BCUT2D eigenvalue weighted by molar-refractivity contribution is 0.598. The molecule has 0 saturated heterocycles. The third-order valence-corrected chi connectivity index (χ3v) is 3.29. The summed E-state index contributed by atoms with van der Waals surface area (Å²) >= 11 is 1.38. The van der Waals surface area contributed by atoms with Crippen LogP contribution >= 0.6 is 11.3 Å². The van der Waals surface area contributed by atoms with Gasteiger partial charge in [0, 0.05) is 16.8 Å². The molecule has 0 amide bonds. The van der Waals surface area contributed by atoms with Gasteiger partial charge in [-0.3, -0.25) is 0 Å². The van der Waals surface area contributed by atoms with E-state index in [-0.39, 0.29) is 4.90 Å². The average Bonchev–Trinajstić information content (AvgIpc) is 2.35. The summed E-state index contributed by atoms with van der Waals surface area (Å²) in [6.45, 7) is 0.667. The van der Waals surface area contributed by atoms with E-state index in [0.29, 0.717) is 6.54 Å². The van der Waals surface area contributed by atoms with E-state index >= 15 is 0 Å². The molecule has 0 aromatic carbocycles. The molecule has 1 aromatic rings. The first-order valence-corrected chi connectivity index (χ1v) is 5.71. The van der Waals surface area contributed by atoms with Gasteiger partial charge >= 0.3 is 0 Å². The number of thiophene rings is 1. The van der Waals surface area contributed by atoms with Gasteiger partial charge in [0.25, 0.3) is 0 Å². The molecule has 0 radical (unpaired) electrons. The molecular formula is C6H10N2O2S2. The maximum absolute atomic E-state index is 10.8. The van der Waals surface area contributed by atoms with Crippen molar-refractivity contribution in [2.75, 3.05) is 7.05 Å². The summed E-state index contributed by atoms with van der Waals surface area (Å²) < 4.78 is 21.6. The van der Waals surface area contributed by atoms with Crippen molar-refractivity contribution in [1.82, 2.24) is 5.32 Å². The zero-order chi connectivity index (χ0) is 9.19. The van der Waals surface area contributed by atoms with E-state index in [1.54, 1.807) is 18.5 Å². The van der Waals surface area contributed by atoms with E-state index in [2.05, 4.69) is 5.32 Å². The SMILES string of the molecule is CNCc1cc(S(N)(=O)=O)cs1. The molecule has 0 saturated carbocycles. The third-order valence-electron chi connectivity index (χ3n) is 1.31. The zero-order valence-corrected chi connectivity index (χ0v) is 8.21. The molecule has 6 heteroatoms. The summed E-state index contributed by atoms with van der Waals surface area (Å²) in [6, 6.07) is 1.58. The molecule has 1 heterocycles. The Kier molecular flexibility index (Phi) is 2.84. The molecule has 0 fully saturated rings. The number of nitrogens with two attached hydrogens (primary N) is 1. The number of primary sulfonamides is 1. The van der Waals surface area contributed by atoms with Crippen LogP contribution in [-0.2, 0) is 16.6 Å². The lowest BCUT2D eigenvalue weighted by Gasteiger charge is -1.91. The van der Waals surface area contributed by atoms with Crippen LogP contribution in [0.2, 0.25) is 0 Å². The lowest BCUT2D eigenvalue weighted by atomic mass is 10.5. The van der Waals surface area contributed by atoms with Crippen molar-refractivity contribution in [3.63, 3.8) is 0 Å². The predicted molar refractivity (Wildman–Crippen MR) is 48.5 cm³/mol. The average molecular weight is 206 g/mol. The first-order chi connectivity index (χ1) is 5.54. The summed E-state index contributed by atoms with van der Waals surface area (Å²) in [7, 11) is -1.72. The highest BCUT2D eigenvalue weighted by Crippen LogP contribution is 2.17. The lowest BCUT2D eigenvalue weighted by Crippen LogP contribution is -2.11. The number of hydrogen-bond donors (Lipinski definition) is 2. The number of rotatable bonds is 3. The Morgan fingerprint density at radius 1 is 1.67 bits per heavy atom. The van der Waals surface area contributed by atoms with Gasteiger partial charge in [0.2, 0.25) is 10.0 Å². The second-order valence-corrected chi connectivity index (χ2v) is 4.88. The molecule has 0 atom stereocenters. The highest BCUT2D eigenvalue weighted by Gasteiger charge is 2.09. The van der Waals surface area contributed by atoms with E-state index in [1.807, 2.05) is 0 Å². The standard InChI is InChI=1S/C6H10N2O2S2/c1-8-3-5-2-6(4-11-5)12(7,9)10/h2,4,8H,3H2,1H3,(H2,7,9,10). The predicted octanol–water partition coefficient (Wildman–Crippen LogP) is 0.115. The second kappa shape index (κ2) is 3.53. The first-order valence-electron chi connectivity index (χ1n) is 3.29. The monoisotopic (exact) mass is 206 g/mol. The Balaban J connectivity index is 2.92. The van der Waals surface area contributed by atoms with Gasteiger partial charge in [-0.1, -0.05) is 0 Å². The molecule has 12 heavy (non-hydrogen) atoms. The van der Waals surface area contributed by atoms with Crippen LogP contribution in [0, 0.1) is 0 Å². The Hall–Kier alpha value is -0.430. The van der Waals surface area contributed by atoms with E-state index in [4.69, 9.17) is 5.14 Å². The van der Waals surface area contributed by atoms with Gasteiger partial charge in [-0.05, 0) is 13.1 Å². The molecule has 0 spiro atoms. The number of nitrogens with one attached hydrogen (secondary N) is 1. The van der Waals surface area contributed by atoms with Gasteiger partial charge in [-0.15, -0.1) is 11.3 Å². The molecule has 4 nitrogen and oxygen atoms in total. The Labute approximate surface area is 75.5 Å². The fourth-order valence-electron chi connectivity index (χ4n) is 0.777. The van der Waals surface area contributed by atoms with Crippen molar-refractivity contribution < 1.29 is 8.42 Å². The second-order valence-electron chi connectivity index (χ2n) is 2.32. The minimum atomic E-state index is -3.52. The molecule has 1 aromatic heterocycles. The van der Waals surface area contributed by atoms with Gasteiger partial charge < -0.3 is 5.32 Å². The third kappa shape index (κ3) is 2.28. The van der Waals surface area contributed by atoms with Crippen molar-refractivity contribution in [2.45, 2.75) is 11.4 Å². The summed E-state index contributed by atoms with van der Waals surface area (Å²) in [5.74, 6) is 0. The zero-order valence-electron chi connectivity index (χ0n) is 6.57. The fourth-order valence-corrected chi connectivity index (χ4v) is 2.60. The fraction of sp³-hybridized carbons (Fsp3) is 0.333. The van der Waals surface area contributed by atoms with Gasteiger partial charge in [-0.2, -0.15) is 0 Å². The van der Waals surface area contributed by atoms with Crippen LogP contribution in [-0.4, -0.2) is 15.5 Å². The minimum Gasteiger partial charge on any atom is -0.315 e. The largest absolute Gasteiger partial charge is 0.315 e. The van der Waals surface area contributed by atoms with Crippen molar-refractivity contribution in [3.8, 4) is 0 Å². The van der Waals surface area contributed by atoms with Crippen LogP contribution < -0.4 is 10.5 Å². The number of hydrogen-bond acceptors (Lipinski definition) is 4. The number of sulfonamides is 1. The van der Waals surface area contributed by atoms with E-state index < -0.39 is 10.0 Å². The van der Waals surface area contributed by atoms with Gasteiger partial charge in [-0.25, -0.2) is 13.6 Å². The van der Waals surface area contributed by atoms with Gasteiger partial charge in [0.1, 0.15) is 0 Å². The van der Waals surface area contributed by atoms with Crippen LogP contribution in [0.25, 0.3) is 0 Å². The Bertz CT molecular complexity index is 355. The molecule has 0 unspecified atom stereocenters. The minimum absolute atomic E-state index is 0.192. The molecule has 0 bridgehead atoms. The molecule has 0 aliphatic rings. The summed E-state index contributed by atoms with van der Waals surface area (Å²) in [5.41, 5.74) is 0. The smallest absolute Gasteiger partial charge is 0.238 e. The molecule has 68 valence electrons. The van der Waals surface area contributed by atoms with Crippen molar-refractivity contribution in [1.29, 1.82) is 0 Å². The normalized spacial score (nSPS) is 11.8. The van der Waals surface area contributed by atoms with Crippen molar-refractivity contribution in [2.24, 2.45) is 5.14 Å². The molecule has 0 aliphatic heterocycles. The van der Waals surface area contributed by atoms with Crippen molar-refractivity contribution in [3.05, 3.63) is 16.3 Å².